The predicted octanol–water partition coefficient (Wildman–Crippen LogP) is 2.13. The van der Waals surface area contributed by atoms with Crippen molar-refractivity contribution < 1.29 is 4.79 Å². The Hall–Kier alpha value is -1.03. The summed E-state index contributed by atoms with van der Waals surface area (Å²) in [7, 11) is 0. The minimum atomic E-state index is 0.0603. The van der Waals surface area contributed by atoms with Crippen LogP contribution in [0.4, 0.5) is 5.00 Å². The van der Waals surface area contributed by atoms with Crippen LogP contribution in [0.1, 0.15) is 40.6 Å². The largest absolute Gasteiger partial charge is 0.357 e. The van der Waals surface area contributed by atoms with Crippen molar-refractivity contribution in [2.24, 2.45) is 0 Å². The van der Waals surface area contributed by atoms with Gasteiger partial charge in [0.2, 0.25) is 0 Å². The molecular weight excluding hydrogens is 208 g/mol. The van der Waals surface area contributed by atoms with Crippen molar-refractivity contribution in [3.63, 3.8) is 0 Å². The summed E-state index contributed by atoms with van der Waals surface area (Å²) in [6.07, 6.45) is 4.77. The highest BCUT2D eigenvalue weighted by molar-refractivity contribution is 7.16. The Labute approximate surface area is 92.9 Å². The average Bonchev–Trinajstić information content (AvgIpc) is 2.54. The van der Waals surface area contributed by atoms with Gasteiger partial charge in [0.1, 0.15) is 5.00 Å². The van der Waals surface area contributed by atoms with Crippen molar-refractivity contribution in [3.05, 3.63) is 16.0 Å². The van der Waals surface area contributed by atoms with Crippen LogP contribution in [0.3, 0.4) is 0 Å². The van der Waals surface area contributed by atoms with Crippen LogP contribution in [0, 0.1) is 0 Å². The summed E-state index contributed by atoms with van der Waals surface area (Å²) in [5, 5.41) is 7.34. The summed E-state index contributed by atoms with van der Waals surface area (Å²) in [6, 6.07) is 0. The number of aryl methyl sites for hydroxylation is 1. The second kappa shape index (κ2) is 3.23. The molecule has 1 amide bonds. The fourth-order valence-electron chi connectivity index (χ4n) is 2.41. The van der Waals surface area contributed by atoms with E-state index in [0.717, 1.165) is 23.4 Å². The Morgan fingerprint density at radius 2 is 2.07 bits per heavy atom. The molecule has 15 heavy (non-hydrogen) atoms. The van der Waals surface area contributed by atoms with Crippen molar-refractivity contribution >= 4 is 22.2 Å². The molecular formula is C11H14N2OS. The SMILES string of the molecule is CC1NC(=O)c2c(sc3c2CCCC3)N1. The number of anilines is 1. The number of carbonyl (C=O) groups is 1. The minimum Gasteiger partial charge on any atom is -0.357 e. The first-order chi connectivity index (χ1) is 7.25. The zero-order valence-corrected chi connectivity index (χ0v) is 9.54. The molecule has 0 spiro atoms. The Kier molecular flexibility index (Phi) is 1.99. The molecule has 2 heterocycles. The van der Waals surface area contributed by atoms with E-state index in [9.17, 15) is 4.79 Å². The minimum absolute atomic E-state index is 0.0603. The topological polar surface area (TPSA) is 41.1 Å². The molecule has 0 bridgehead atoms. The highest BCUT2D eigenvalue weighted by atomic mass is 32.1. The number of rotatable bonds is 0. The summed E-state index contributed by atoms with van der Waals surface area (Å²) < 4.78 is 0. The molecule has 3 nitrogen and oxygen atoms in total. The van der Waals surface area contributed by atoms with Crippen LogP contribution >= 0.6 is 11.3 Å². The van der Waals surface area contributed by atoms with Crippen molar-refractivity contribution in [1.29, 1.82) is 0 Å². The Morgan fingerprint density at radius 3 is 2.93 bits per heavy atom. The monoisotopic (exact) mass is 222 g/mol. The molecule has 3 rings (SSSR count). The molecule has 80 valence electrons. The number of hydrogen-bond donors (Lipinski definition) is 2. The maximum absolute atomic E-state index is 11.9. The van der Waals surface area contributed by atoms with Crippen LogP contribution in [-0.4, -0.2) is 12.1 Å². The van der Waals surface area contributed by atoms with Gasteiger partial charge in [0.15, 0.2) is 0 Å². The molecule has 1 aromatic rings. The molecule has 0 saturated carbocycles. The third-order valence-electron chi connectivity index (χ3n) is 3.09. The fraction of sp³-hybridized carbons (Fsp3) is 0.545. The van der Waals surface area contributed by atoms with Crippen molar-refractivity contribution in [3.8, 4) is 0 Å². The first-order valence-electron chi connectivity index (χ1n) is 5.47. The Balaban J connectivity index is 2.12. The standard InChI is InChI=1S/C11H14N2OS/c1-6-12-10(14)9-7-4-2-3-5-8(7)15-11(9)13-6/h6,13H,2-5H2,1H3,(H,12,14). The van der Waals surface area contributed by atoms with Crippen molar-refractivity contribution in [2.75, 3.05) is 5.32 Å². The van der Waals surface area contributed by atoms with Crippen LogP contribution in [0.25, 0.3) is 0 Å². The van der Waals surface area contributed by atoms with Crippen molar-refractivity contribution in [1.82, 2.24) is 5.32 Å². The van der Waals surface area contributed by atoms with Gasteiger partial charge in [-0.05, 0) is 38.2 Å². The molecule has 1 aromatic heterocycles. The number of carbonyl (C=O) groups excluding carboxylic acids is 1. The van der Waals surface area contributed by atoms with Crippen molar-refractivity contribution in [2.45, 2.75) is 38.8 Å². The van der Waals surface area contributed by atoms with Gasteiger partial charge in [-0.25, -0.2) is 0 Å². The van der Waals surface area contributed by atoms with Gasteiger partial charge in [-0.2, -0.15) is 0 Å². The molecule has 4 heteroatoms. The van der Waals surface area contributed by atoms with E-state index in [1.54, 1.807) is 11.3 Å². The van der Waals surface area contributed by atoms with E-state index in [2.05, 4.69) is 10.6 Å². The average molecular weight is 222 g/mol. The molecule has 2 aliphatic rings. The fourth-order valence-corrected chi connectivity index (χ4v) is 3.78. The van der Waals surface area contributed by atoms with Crippen LogP contribution in [0.15, 0.2) is 0 Å². The van der Waals surface area contributed by atoms with Gasteiger partial charge >= 0.3 is 0 Å². The van der Waals surface area contributed by atoms with E-state index >= 15 is 0 Å². The van der Waals surface area contributed by atoms with Gasteiger partial charge in [-0.15, -0.1) is 11.3 Å². The van der Waals surface area contributed by atoms with Crippen LogP contribution < -0.4 is 10.6 Å². The smallest absolute Gasteiger partial charge is 0.256 e. The summed E-state index contributed by atoms with van der Waals surface area (Å²) >= 11 is 1.77. The second-order valence-corrected chi connectivity index (χ2v) is 5.36. The molecule has 1 atom stereocenters. The van der Waals surface area contributed by atoms with E-state index in [4.69, 9.17) is 0 Å². The van der Waals surface area contributed by atoms with E-state index in [0.29, 0.717) is 0 Å². The van der Waals surface area contributed by atoms with Gasteiger partial charge in [0.25, 0.3) is 5.91 Å². The lowest BCUT2D eigenvalue weighted by molar-refractivity contribution is 0.0938. The predicted molar refractivity (Wildman–Crippen MR) is 61.5 cm³/mol. The first-order valence-corrected chi connectivity index (χ1v) is 6.29. The number of amides is 1. The highest BCUT2D eigenvalue weighted by Crippen LogP contribution is 2.39. The van der Waals surface area contributed by atoms with Crippen LogP contribution in [0.2, 0.25) is 0 Å². The molecule has 2 N–H and O–H groups in total. The Morgan fingerprint density at radius 1 is 1.27 bits per heavy atom. The van der Waals surface area contributed by atoms with E-state index < -0.39 is 0 Å². The second-order valence-electron chi connectivity index (χ2n) is 4.25. The highest BCUT2D eigenvalue weighted by Gasteiger charge is 2.29. The Bertz CT molecular complexity index is 424. The van der Waals surface area contributed by atoms with Gasteiger partial charge in [0.05, 0.1) is 11.7 Å². The first kappa shape index (κ1) is 9.21. The molecule has 0 radical (unpaired) electrons. The summed E-state index contributed by atoms with van der Waals surface area (Å²) in [5.74, 6) is 0.107. The number of fused-ring (bicyclic) bond motifs is 3. The van der Waals surface area contributed by atoms with E-state index in [1.165, 1.54) is 23.3 Å². The number of thiophene rings is 1. The zero-order chi connectivity index (χ0) is 10.4. The summed E-state index contributed by atoms with van der Waals surface area (Å²) in [4.78, 5) is 13.3. The molecule has 0 fully saturated rings. The van der Waals surface area contributed by atoms with Gasteiger partial charge in [-0.3, -0.25) is 4.79 Å². The molecule has 1 unspecified atom stereocenters. The summed E-state index contributed by atoms with van der Waals surface area (Å²) in [6.45, 7) is 1.97. The lowest BCUT2D eigenvalue weighted by Crippen LogP contribution is -2.42. The lowest BCUT2D eigenvalue weighted by Gasteiger charge is -2.23. The van der Waals surface area contributed by atoms with E-state index in [1.807, 2.05) is 6.92 Å². The maximum atomic E-state index is 11.9. The number of hydrogen-bond acceptors (Lipinski definition) is 3. The maximum Gasteiger partial charge on any atom is 0.256 e. The lowest BCUT2D eigenvalue weighted by atomic mass is 9.95. The molecule has 0 aromatic carbocycles. The van der Waals surface area contributed by atoms with Gasteiger partial charge in [0, 0.05) is 4.88 Å². The third kappa shape index (κ3) is 1.35. The zero-order valence-electron chi connectivity index (χ0n) is 8.72. The number of nitrogens with one attached hydrogen (secondary N) is 2. The molecule has 1 aliphatic heterocycles. The van der Waals surface area contributed by atoms with Crippen LogP contribution in [0.5, 0.6) is 0 Å². The van der Waals surface area contributed by atoms with Gasteiger partial charge in [-0.1, -0.05) is 0 Å². The normalized spacial score (nSPS) is 23.8. The van der Waals surface area contributed by atoms with E-state index in [-0.39, 0.29) is 12.1 Å². The van der Waals surface area contributed by atoms with Gasteiger partial charge < -0.3 is 10.6 Å². The molecule has 1 aliphatic carbocycles. The third-order valence-corrected chi connectivity index (χ3v) is 4.32. The molecule has 0 saturated heterocycles. The van der Waals surface area contributed by atoms with Crippen LogP contribution in [-0.2, 0) is 12.8 Å². The quantitative estimate of drug-likeness (QED) is 0.706. The summed E-state index contributed by atoms with van der Waals surface area (Å²) in [5.41, 5.74) is 2.23.